The summed E-state index contributed by atoms with van der Waals surface area (Å²) in [6.07, 6.45) is 1.22. The zero-order valence-corrected chi connectivity index (χ0v) is 10.4. The average molecular weight is 219 g/mol. The lowest BCUT2D eigenvalue weighted by Gasteiger charge is -2.19. The maximum atomic E-state index is 11.8. The number of nitrogens with two attached hydrogens (primary N) is 1. The van der Waals surface area contributed by atoms with E-state index in [2.05, 4.69) is 0 Å². The van der Waals surface area contributed by atoms with E-state index in [0.29, 0.717) is 6.42 Å². The van der Waals surface area contributed by atoms with E-state index in [9.17, 15) is 4.79 Å². The molecule has 0 bridgehead atoms. The molecule has 0 aliphatic heterocycles. The standard InChI is InChI=1S/C14H21NO/c1-14(2,3)13(16)10-12(15)9-11-7-5-4-6-8-11/h4-8,12H,9-10,15H2,1-3H3. The van der Waals surface area contributed by atoms with Gasteiger partial charge in [0.1, 0.15) is 5.78 Å². The summed E-state index contributed by atoms with van der Waals surface area (Å²) >= 11 is 0. The van der Waals surface area contributed by atoms with E-state index in [-0.39, 0.29) is 17.2 Å². The van der Waals surface area contributed by atoms with Crippen molar-refractivity contribution in [1.29, 1.82) is 0 Å². The van der Waals surface area contributed by atoms with E-state index in [1.54, 1.807) is 0 Å². The quantitative estimate of drug-likeness (QED) is 0.845. The Morgan fingerprint density at radius 3 is 2.31 bits per heavy atom. The van der Waals surface area contributed by atoms with Crippen molar-refractivity contribution >= 4 is 5.78 Å². The fraction of sp³-hybridized carbons (Fsp3) is 0.500. The number of carbonyl (C=O) groups is 1. The Labute approximate surface area is 97.9 Å². The molecule has 0 heterocycles. The Morgan fingerprint density at radius 2 is 1.81 bits per heavy atom. The van der Waals surface area contributed by atoms with E-state index in [0.717, 1.165) is 6.42 Å². The number of Topliss-reactive ketones (excluding diaryl/α,β-unsaturated/α-hetero) is 1. The molecular weight excluding hydrogens is 198 g/mol. The Morgan fingerprint density at radius 1 is 1.25 bits per heavy atom. The summed E-state index contributed by atoms with van der Waals surface area (Å²) in [6, 6.07) is 9.98. The molecule has 0 aliphatic carbocycles. The number of carbonyl (C=O) groups excluding carboxylic acids is 1. The van der Waals surface area contributed by atoms with Gasteiger partial charge in [0.05, 0.1) is 0 Å². The molecule has 0 amide bonds. The first-order chi connectivity index (χ1) is 7.39. The van der Waals surface area contributed by atoms with Crippen molar-refractivity contribution in [2.24, 2.45) is 11.1 Å². The molecule has 0 saturated heterocycles. The third kappa shape index (κ3) is 4.15. The minimum atomic E-state index is -0.283. The van der Waals surface area contributed by atoms with Crippen LogP contribution in [0.25, 0.3) is 0 Å². The Balaban J connectivity index is 2.49. The molecule has 1 aromatic carbocycles. The first-order valence-electron chi connectivity index (χ1n) is 5.72. The summed E-state index contributed by atoms with van der Waals surface area (Å²) in [4.78, 5) is 11.8. The third-order valence-electron chi connectivity index (χ3n) is 2.62. The molecule has 1 aromatic rings. The molecule has 2 nitrogen and oxygen atoms in total. The van der Waals surface area contributed by atoms with Crippen LogP contribution in [0.5, 0.6) is 0 Å². The van der Waals surface area contributed by atoms with Gasteiger partial charge in [0.2, 0.25) is 0 Å². The van der Waals surface area contributed by atoms with Gasteiger partial charge in [-0.1, -0.05) is 51.1 Å². The van der Waals surface area contributed by atoms with Gasteiger partial charge in [0.25, 0.3) is 0 Å². The Hall–Kier alpha value is -1.15. The molecule has 0 fully saturated rings. The SMILES string of the molecule is CC(C)(C)C(=O)CC(N)Cc1ccccc1. The third-order valence-corrected chi connectivity index (χ3v) is 2.62. The van der Waals surface area contributed by atoms with Crippen molar-refractivity contribution in [2.75, 3.05) is 0 Å². The van der Waals surface area contributed by atoms with Crippen LogP contribution in [0.2, 0.25) is 0 Å². The van der Waals surface area contributed by atoms with Crippen molar-refractivity contribution in [2.45, 2.75) is 39.7 Å². The van der Waals surface area contributed by atoms with E-state index in [1.165, 1.54) is 5.56 Å². The van der Waals surface area contributed by atoms with E-state index < -0.39 is 0 Å². The minimum absolute atomic E-state index is 0.0749. The van der Waals surface area contributed by atoms with Gasteiger partial charge >= 0.3 is 0 Å². The van der Waals surface area contributed by atoms with Gasteiger partial charge in [-0.15, -0.1) is 0 Å². The number of ketones is 1. The van der Waals surface area contributed by atoms with E-state index in [4.69, 9.17) is 5.73 Å². The number of hydrogen-bond acceptors (Lipinski definition) is 2. The zero-order valence-electron chi connectivity index (χ0n) is 10.4. The molecule has 0 spiro atoms. The summed E-state index contributed by atoms with van der Waals surface area (Å²) in [5, 5.41) is 0. The average Bonchev–Trinajstić information content (AvgIpc) is 2.17. The summed E-state index contributed by atoms with van der Waals surface area (Å²) in [6.45, 7) is 5.81. The first kappa shape index (κ1) is 12.9. The van der Waals surface area contributed by atoms with Gasteiger partial charge in [-0.3, -0.25) is 4.79 Å². The lowest BCUT2D eigenvalue weighted by Crippen LogP contribution is -2.31. The number of rotatable bonds is 4. The summed E-state index contributed by atoms with van der Waals surface area (Å²) in [7, 11) is 0. The summed E-state index contributed by atoms with van der Waals surface area (Å²) in [5.41, 5.74) is 6.89. The van der Waals surface area contributed by atoms with Crippen LogP contribution in [0.15, 0.2) is 30.3 Å². The van der Waals surface area contributed by atoms with Crippen molar-refractivity contribution < 1.29 is 4.79 Å². The molecule has 0 saturated carbocycles. The highest BCUT2D eigenvalue weighted by molar-refractivity contribution is 5.84. The smallest absolute Gasteiger partial charge is 0.139 e. The molecule has 1 atom stereocenters. The monoisotopic (exact) mass is 219 g/mol. The van der Waals surface area contributed by atoms with Crippen LogP contribution in [-0.4, -0.2) is 11.8 Å². The lowest BCUT2D eigenvalue weighted by molar-refractivity contribution is -0.126. The highest BCUT2D eigenvalue weighted by Crippen LogP contribution is 2.18. The van der Waals surface area contributed by atoms with Crippen molar-refractivity contribution in [1.82, 2.24) is 0 Å². The van der Waals surface area contributed by atoms with Crippen LogP contribution in [0.3, 0.4) is 0 Å². The molecule has 1 rings (SSSR count). The molecule has 2 heteroatoms. The Kier molecular flexibility index (Phi) is 4.25. The van der Waals surface area contributed by atoms with Crippen molar-refractivity contribution in [3.8, 4) is 0 Å². The molecule has 0 radical (unpaired) electrons. The van der Waals surface area contributed by atoms with Gasteiger partial charge in [-0.25, -0.2) is 0 Å². The van der Waals surface area contributed by atoms with Gasteiger partial charge < -0.3 is 5.73 Å². The van der Waals surface area contributed by atoms with Crippen LogP contribution in [-0.2, 0) is 11.2 Å². The van der Waals surface area contributed by atoms with Gasteiger partial charge in [-0.2, -0.15) is 0 Å². The maximum Gasteiger partial charge on any atom is 0.139 e. The van der Waals surface area contributed by atoms with Crippen molar-refractivity contribution in [3.05, 3.63) is 35.9 Å². The fourth-order valence-electron chi connectivity index (χ4n) is 1.53. The number of benzene rings is 1. The highest BCUT2D eigenvalue weighted by atomic mass is 16.1. The predicted molar refractivity (Wildman–Crippen MR) is 67.2 cm³/mol. The molecule has 2 N–H and O–H groups in total. The minimum Gasteiger partial charge on any atom is -0.327 e. The topological polar surface area (TPSA) is 43.1 Å². The van der Waals surface area contributed by atoms with E-state index >= 15 is 0 Å². The van der Waals surface area contributed by atoms with Crippen LogP contribution in [0.4, 0.5) is 0 Å². The van der Waals surface area contributed by atoms with Gasteiger partial charge in [0, 0.05) is 17.9 Å². The maximum absolute atomic E-state index is 11.8. The largest absolute Gasteiger partial charge is 0.327 e. The highest BCUT2D eigenvalue weighted by Gasteiger charge is 2.23. The summed E-state index contributed by atoms with van der Waals surface area (Å²) < 4.78 is 0. The lowest BCUT2D eigenvalue weighted by atomic mass is 9.86. The molecule has 16 heavy (non-hydrogen) atoms. The second-order valence-electron chi connectivity index (χ2n) is 5.33. The Bertz CT molecular complexity index is 338. The number of hydrogen-bond donors (Lipinski definition) is 1. The van der Waals surface area contributed by atoms with Crippen LogP contribution >= 0.6 is 0 Å². The van der Waals surface area contributed by atoms with E-state index in [1.807, 2.05) is 51.1 Å². The zero-order chi connectivity index (χ0) is 12.2. The summed E-state index contributed by atoms with van der Waals surface area (Å²) in [5.74, 6) is 0.232. The molecule has 88 valence electrons. The van der Waals surface area contributed by atoms with Gasteiger partial charge in [0.15, 0.2) is 0 Å². The second kappa shape index (κ2) is 5.26. The normalized spacial score (nSPS) is 13.5. The van der Waals surface area contributed by atoms with Gasteiger partial charge in [-0.05, 0) is 12.0 Å². The molecule has 0 aliphatic rings. The first-order valence-corrected chi connectivity index (χ1v) is 5.72. The van der Waals surface area contributed by atoms with Crippen molar-refractivity contribution in [3.63, 3.8) is 0 Å². The predicted octanol–water partition coefficient (Wildman–Crippen LogP) is 2.56. The van der Waals surface area contributed by atoms with Crippen LogP contribution in [0, 0.1) is 5.41 Å². The molecule has 1 unspecified atom stereocenters. The second-order valence-corrected chi connectivity index (χ2v) is 5.33. The molecule has 0 aromatic heterocycles. The van der Waals surface area contributed by atoms with Crippen LogP contribution in [0.1, 0.15) is 32.8 Å². The molecular formula is C14H21NO. The fourth-order valence-corrected chi connectivity index (χ4v) is 1.53. The van der Waals surface area contributed by atoms with Crippen LogP contribution < -0.4 is 5.73 Å².